The van der Waals surface area contributed by atoms with Gasteiger partial charge in [0.2, 0.25) is 0 Å². The van der Waals surface area contributed by atoms with Gasteiger partial charge in [0, 0.05) is 30.1 Å². The van der Waals surface area contributed by atoms with Gasteiger partial charge >= 0.3 is 5.97 Å². The van der Waals surface area contributed by atoms with Gasteiger partial charge in [-0.1, -0.05) is 6.92 Å². The Morgan fingerprint density at radius 3 is 2.67 bits per heavy atom. The molecule has 0 aromatic rings. The molecule has 0 aromatic carbocycles. The summed E-state index contributed by atoms with van der Waals surface area (Å²) in [7, 11) is 0. The average molecular weight is 315 g/mol. The summed E-state index contributed by atoms with van der Waals surface area (Å²) >= 11 is 2.02. The van der Waals surface area contributed by atoms with Gasteiger partial charge in [-0.3, -0.25) is 9.69 Å². The summed E-state index contributed by atoms with van der Waals surface area (Å²) in [6.07, 6.45) is 2.92. The summed E-state index contributed by atoms with van der Waals surface area (Å²) in [5.41, 5.74) is -0.626. The summed E-state index contributed by atoms with van der Waals surface area (Å²) in [6.45, 7) is 8.61. The van der Waals surface area contributed by atoms with Gasteiger partial charge in [-0.25, -0.2) is 0 Å². The molecular weight excluding hydrogens is 286 g/mol. The number of rotatable bonds is 4. The van der Waals surface area contributed by atoms with E-state index < -0.39 is 5.60 Å². The molecule has 1 aliphatic carbocycles. The number of aliphatic hydroxyl groups is 1. The zero-order valence-electron chi connectivity index (χ0n) is 13.5. The fourth-order valence-electron chi connectivity index (χ4n) is 3.41. The molecule has 2 unspecified atom stereocenters. The van der Waals surface area contributed by atoms with E-state index in [0.717, 1.165) is 31.7 Å². The van der Waals surface area contributed by atoms with E-state index >= 15 is 0 Å². The first kappa shape index (κ1) is 17.1. The van der Waals surface area contributed by atoms with Crippen LogP contribution in [0.25, 0.3) is 0 Å². The highest BCUT2D eigenvalue weighted by atomic mass is 32.2. The highest BCUT2D eigenvalue weighted by Gasteiger charge is 2.39. The van der Waals surface area contributed by atoms with Gasteiger partial charge in [-0.2, -0.15) is 11.8 Å². The first-order valence-corrected chi connectivity index (χ1v) is 9.25. The standard InChI is InChI=1S/C16H29NO3S/c1-4-20-15(18)14-5-7-16(19,8-6-14)11-17-9-10-21-13(3)12(17)2/h12-14,19H,4-11H2,1-3H3. The second-order valence-corrected chi connectivity index (χ2v) is 8.02. The molecule has 1 heterocycles. The molecule has 21 heavy (non-hydrogen) atoms. The van der Waals surface area contributed by atoms with Crippen molar-refractivity contribution in [3.05, 3.63) is 0 Å². The number of carbonyl (C=O) groups is 1. The molecule has 122 valence electrons. The van der Waals surface area contributed by atoms with E-state index in [9.17, 15) is 9.90 Å². The third kappa shape index (κ3) is 4.36. The Labute approximate surface area is 132 Å². The molecule has 0 amide bonds. The lowest BCUT2D eigenvalue weighted by Gasteiger charge is -2.44. The number of esters is 1. The van der Waals surface area contributed by atoms with Gasteiger partial charge in [0.15, 0.2) is 0 Å². The topological polar surface area (TPSA) is 49.8 Å². The molecular formula is C16H29NO3S. The van der Waals surface area contributed by atoms with Crippen molar-refractivity contribution in [2.45, 2.75) is 63.3 Å². The second-order valence-electron chi connectivity index (χ2n) is 6.54. The van der Waals surface area contributed by atoms with Gasteiger partial charge in [-0.15, -0.1) is 0 Å². The second kappa shape index (κ2) is 7.34. The SMILES string of the molecule is CCOC(=O)C1CCC(O)(CN2CCSC(C)C2C)CC1. The van der Waals surface area contributed by atoms with Crippen LogP contribution in [0.3, 0.4) is 0 Å². The lowest BCUT2D eigenvalue weighted by atomic mass is 9.78. The van der Waals surface area contributed by atoms with Gasteiger partial charge in [-0.05, 0) is 39.5 Å². The smallest absolute Gasteiger partial charge is 0.308 e. The number of ether oxygens (including phenoxy) is 1. The predicted octanol–water partition coefficient (Wildman–Crippen LogP) is 2.30. The summed E-state index contributed by atoms with van der Waals surface area (Å²) in [4.78, 5) is 14.2. The number of nitrogens with zero attached hydrogens (tertiary/aromatic N) is 1. The van der Waals surface area contributed by atoms with Crippen LogP contribution in [0.5, 0.6) is 0 Å². The van der Waals surface area contributed by atoms with E-state index in [4.69, 9.17) is 4.74 Å². The van der Waals surface area contributed by atoms with Crippen LogP contribution in [-0.4, -0.2) is 58.3 Å². The first-order valence-electron chi connectivity index (χ1n) is 8.20. The van der Waals surface area contributed by atoms with Crippen molar-refractivity contribution in [2.75, 3.05) is 25.4 Å². The maximum atomic E-state index is 11.8. The minimum atomic E-state index is -0.626. The average Bonchev–Trinajstić information content (AvgIpc) is 2.45. The van der Waals surface area contributed by atoms with Crippen molar-refractivity contribution in [1.29, 1.82) is 0 Å². The third-order valence-electron chi connectivity index (χ3n) is 5.05. The zero-order chi connectivity index (χ0) is 15.5. The lowest BCUT2D eigenvalue weighted by molar-refractivity contribution is -0.151. The largest absolute Gasteiger partial charge is 0.466 e. The Hall–Kier alpha value is -0.260. The molecule has 0 spiro atoms. The van der Waals surface area contributed by atoms with Crippen LogP contribution in [0.2, 0.25) is 0 Å². The monoisotopic (exact) mass is 315 g/mol. The van der Waals surface area contributed by atoms with Gasteiger partial charge in [0.1, 0.15) is 0 Å². The van der Waals surface area contributed by atoms with E-state index in [0.29, 0.717) is 30.7 Å². The van der Waals surface area contributed by atoms with E-state index in [-0.39, 0.29) is 11.9 Å². The van der Waals surface area contributed by atoms with Crippen molar-refractivity contribution < 1.29 is 14.6 Å². The Morgan fingerprint density at radius 1 is 1.38 bits per heavy atom. The highest BCUT2D eigenvalue weighted by molar-refractivity contribution is 8.00. The van der Waals surface area contributed by atoms with E-state index in [2.05, 4.69) is 18.7 Å². The normalized spacial score (nSPS) is 38.2. The van der Waals surface area contributed by atoms with Gasteiger partial charge in [0.05, 0.1) is 18.1 Å². The fourth-order valence-corrected chi connectivity index (χ4v) is 4.57. The Kier molecular flexibility index (Phi) is 5.97. The molecule has 0 aromatic heterocycles. The number of carbonyl (C=O) groups excluding carboxylic acids is 1. The number of β-amino-alcohol motifs (C(OH)–C–C–N with tert-alkyl or cyclic N) is 1. The molecule has 2 atom stereocenters. The molecule has 1 N–H and O–H groups in total. The highest BCUT2D eigenvalue weighted by Crippen LogP contribution is 2.35. The van der Waals surface area contributed by atoms with Crippen molar-refractivity contribution in [3.63, 3.8) is 0 Å². The van der Waals surface area contributed by atoms with Crippen LogP contribution in [0.4, 0.5) is 0 Å². The quantitative estimate of drug-likeness (QED) is 0.807. The number of hydrogen-bond donors (Lipinski definition) is 1. The van der Waals surface area contributed by atoms with Crippen molar-refractivity contribution in [2.24, 2.45) is 5.92 Å². The summed E-state index contributed by atoms with van der Waals surface area (Å²) in [6, 6.07) is 0.510. The van der Waals surface area contributed by atoms with E-state index in [1.807, 2.05) is 18.7 Å². The molecule has 5 heteroatoms. The Morgan fingerprint density at radius 2 is 2.05 bits per heavy atom. The molecule has 4 nitrogen and oxygen atoms in total. The van der Waals surface area contributed by atoms with Crippen LogP contribution in [0.1, 0.15) is 46.5 Å². The van der Waals surface area contributed by atoms with Crippen LogP contribution in [0, 0.1) is 5.92 Å². The molecule has 1 aliphatic heterocycles. The third-order valence-corrected chi connectivity index (χ3v) is 6.39. The fraction of sp³-hybridized carbons (Fsp3) is 0.938. The van der Waals surface area contributed by atoms with E-state index in [1.165, 1.54) is 0 Å². The summed E-state index contributed by atoms with van der Waals surface area (Å²) < 4.78 is 5.10. The van der Waals surface area contributed by atoms with Gasteiger partial charge < -0.3 is 9.84 Å². The lowest BCUT2D eigenvalue weighted by Crippen LogP contribution is -2.53. The molecule has 1 saturated heterocycles. The number of thioether (sulfide) groups is 1. The maximum Gasteiger partial charge on any atom is 0.308 e. The zero-order valence-corrected chi connectivity index (χ0v) is 14.3. The van der Waals surface area contributed by atoms with Crippen molar-refractivity contribution in [3.8, 4) is 0 Å². The summed E-state index contributed by atoms with van der Waals surface area (Å²) in [5, 5.41) is 11.5. The molecule has 0 radical (unpaired) electrons. The number of hydrogen-bond acceptors (Lipinski definition) is 5. The Bertz CT molecular complexity index is 355. The molecule has 2 aliphatic rings. The van der Waals surface area contributed by atoms with Crippen LogP contribution < -0.4 is 0 Å². The van der Waals surface area contributed by atoms with Crippen LogP contribution >= 0.6 is 11.8 Å². The summed E-state index contributed by atoms with van der Waals surface area (Å²) in [5.74, 6) is 1.04. The Balaban J connectivity index is 1.85. The minimum absolute atomic E-state index is 0.0153. The maximum absolute atomic E-state index is 11.8. The molecule has 2 fully saturated rings. The first-order chi connectivity index (χ1) is 9.95. The van der Waals surface area contributed by atoms with Crippen molar-refractivity contribution in [1.82, 2.24) is 4.90 Å². The predicted molar refractivity (Wildman–Crippen MR) is 86.5 cm³/mol. The van der Waals surface area contributed by atoms with Crippen LogP contribution in [-0.2, 0) is 9.53 Å². The van der Waals surface area contributed by atoms with Gasteiger partial charge in [0.25, 0.3) is 0 Å². The van der Waals surface area contributed by atoms with E-state index in [1.54, 1.807) is 0 Å². The minimum Gasteiger partial charge on any atom is -0.466 e. The molecule has 2 rings (SSSR count). The molecule has 0 bridgehead atoms. The van der Waals surface area contributed by atoms with Crippen LogP contribution in [0.15, 0.2) is 0 Å². The molecule has 1 saturated carbocycles. The van der Waals surface area contributed by atoms with Crippen molar-refractivity contribution >= 4 is 17.7 Å².